The summed E-state index contributed by atoms with van der Waals surface area (Å²) in [5.41, 5.74) is 3.58. The van der Waals surface area contributed by atoms with Crippen molar-refractivity contribution in [2.75, 3.05) is 18.9 Å². The van der Waals surface area contributed by atoms with Crippen LogP contribution in [0.25, 0.3) is 0 Å². The Morgan fingerprint density at radius 1 is 1.36 bits per heavy atom. The first-order valence-electron chi connectivity index (χ1n) is 9.48. The number of hydrogen-bond acceptors (Lipinski definition) is 12. The van der Waals surface area contributed by atoms with Crippen LogP contribution in [-0.4, -0.2) is 87.0 Å². The molecule has 0 bridgehead atoms. The van der Waals surface area contributed by atoms with Gasteiger partial charge in [-0.2, -0.15) is 4.73 Å². The van der Waals surface area contributed by atoms with Crippen LogP contribution in [0.2, 0.25) is 0 Å². The molecule has 4 atom stereocenters. The quantitative estimate of drug-likeness (QED) is 0.0767. The van der Waals surface area contributed by atoms with E-state index in [1.54, 1.807) is 0 Å². The van der Waals surface area contributed by atoms with Gasteiger partial charge in [-0.25, -0.2) is 0 Å². The number of nitrogens with two attached hydrogens (primary N) is 1. The number of aromatic hydroxyl groups is 1. The van der Waals surface area contributed by atoms with E-state index in [9.17, 15) is 34.3 Å². The van der Waals surface area contributed by atoms with Gasteiger partial charge in [0.15, 0.2) is 5.75 Å². The van der Waals surface area contributed by atoms with Gasteiger partial charge in [0.2, 0.25) is 11.3 Å². The summed E-state index contributed by atoms with van der Waals surface area (Å²) >= 11 is 1.35. The smallest absolute Gasteiger partial charge is 0.325 e. The number of rotatable bonds is 8. The van der Waals surface area contributed by atoms with Gasteiger partial charge < -0.3 is 36.7 Å². The summed E-state index contributed by atoms with van der Waals surface area (Å²) in [5, 5.41) is 36.5. The van der Waals surface area contributed by atoms with E-state index in [0.717, 1.165) is 0 Å². The highest BCUT2D eigenvalue weighted by Gasteiger charge is 2.42. The minimum atomic E-state index is -1.01. The van der Waals surface area contributed by atoms with E-state index in [1.165, 1.54) is 11.8 Å². The molecule has 1 aromatic rings. The normalized spacial score (nSPS) is 23.7. The molecule has 33 heavy (non-hydrogen) atoms. The summed E-state index contributed by atoms with van der Waals surface area (Å²) < 4.78 is 5.19. The maximum atomic E-state index is 12.2. The molecule has 0 radical (unpaired) electrons. The van der Waals surface area contributed by atoms with Gasteiger partial charge in [-0.05, 0) is 0 Å². The Balaban J connectivity index is 1.44. The van der Waals surface area contributed by atoms with Crippen LogP contribution in [0, 0.1) is 5.41 Å². The molecule has 178 valence electrons. The molecule has 1 aromatic heterocycles. The van der Waals surface area contributed by atoms with Crippen molar-refractivity contribution in [1.29, 1.82) is 5.41 Å². The number of β-lactam (4-membered cyclic amide) rings is 1. The van der Waals surface area contributed by atoms with Crippen LogP contribution < -0.4 is 32.4 Å². The largest absolute Gasteiger partial charge is 0.503 e. The maximum absolute atomic E-state index is 12.2. The molecule has 2 saturated heterocycles. The molecular weight excluding hydrogens is 462 g/mol. The molecule has 9 N–H and O–H groups in total. The van der Waals surface area contributed by atoms with Crippen molar-refractivity contribution in [2.24, 2.45) is 5.73 Å². The van der Waals surface area contributed by atoms with Crippen LogP contribution in [0.15, 0.2) is 17.1 Å². The number of carbonyl (C=O) groups excluding carboxylic acids is 4. The fraction of sp³-hybridized carbons (Fsp3) is 0.412. The van der Waals surface area contributed by atoms with Gasteiger partial charge in [-0.3, -0.25) is 34.7 Å². The number of hydrogen-bond donors (Lipinski definition) is 8. The molecule has 0 saturated carbocycles. The lowest BCUT2D eigenvalue weighted by molar-refractivity contribution is -0.148. The van der Waals surface area contributed by atoms with Crippen LogP contribution in [0.1, 0.15) is 10.5 Å². The standard InChI is InChI=1S/C17H21N7O8S/c18-12(7-5-33-17(19)22-7)15(29)23-13-6(21-16(13)30)4-32-11(27)2-20-14(28)8-1-9(25)10(26)3-24(8)31/h1,3,6-7,13,17-18,22,26,31H,2,4-5,19H2,(H,20,28)(H,21,30)(H,23,29)/t6-,7?,13+,17?/m1/s1. The fourth-order valence-corrected chi connectivity index (χ4v) is 3.87. The predicted molar refractivity (Wildman–Crippen MR) is 112 cm³/mol. The molecule has 3 rings (SSSR count). The van der Waals surface area contributed by atoms with Gasteiger partial charge in [0.1, 0.15) is 36.1 Å². The topological polar surface area (TPSA) is 238 Å². The molecular formula is C17H21N7O8S. The number of ether oxygens (including phenoxy) is 1. The van der Waals surface area contributed by atoms with E-state index < -0.39 is 65.2 Å². The number of thioether (sulfide) groups is 1. The van der Waals surface area contributed by atoms with E-state index in [0.29, 0.717) is 18.0 Å². The van der Waals surface area contributed by atoms with Crippen LogP contribution in [-0.2, 0) is 19.1 Å². The summed E-state index contributed by atoms with van der Waals surface area (Å²) in [5.74, 6) is -3.47. The number of nitrogens with one attached hydrogen (secondary N) is 5. The van der Waals surface area contributed by atoms with Crippen molar-refractivity contribution in [3.63, 3.8) is 0 Å². The molecule has 15 nitrogen and oxygen atoms in total. The van der Waals surface area contributed by atoms with E-state index in [2.05, 4.69) is 21.3 Å². The molecule has 2 aliphatic rings. The first-order chi connectivity index (χ1) is 15.6. The summed E-state index contributed by atoms with van der Waals surface area (Å²) in [6.45, 7) is -0.938. The molecule has 2 unspecified atom stereocenters. The Morgan fingerprint density at radius 3 is 2.73 bits per heavy atom. The highest BCUT2D eigenvalue weighted by Crippen LogP contribution is 2.15. The zero-order valence-corrected chi connectivity index (χ0v) is 17.7. The maximum Gasteiger partial charge on any atom is 0.325 e. The third kappa shape index (κ3) is 5.60. The summed E-state index contributed by atoms with van der Waals surface area (Å²) in [6.07, 6.45) is 0.624. The second-order valence-electron chi connectivity index (χ2n) is 7.07. The lowest BCUT2D eigenvalue weighted by Gasteiger charge is -2.36. The van der Waals surface area contributed by atoms with Crippen LogP contribution in [0.4, 0.5) is 0 Å². The fourth-order valence-electron chi connectivity index (χ4n) is 2.94. The van der Waals surface area contributed by atoms with Gasteiger partial charge in [0.05, 0.1) is 18.3 Å². The van der Waals surface area contributed by atoms with E-state index in [1.807, 2.05) is 0 Å². The zero-order valence-electron chi connectivity index (χ0n) is 16.9. The molecule has 0 aliphatic carbocycles. The van der Waals surface area contributed by atoms with Gasteiger partial charge in [0, 0.05) is 11.8 Å². The Hall–Kier alpha value is -3.63. The molecule has 0 spiro atoms. The van der Waals surface area contributed by atoms with Crippen molar-refractivity contribution in [2.45, 2.75) is 23.6 Å². The van der Waals surface area contributed by atoms with Crippen molar-refractivity contribution < 1.29 is 34.2 Å². The lowest BCUT2D eigenvalue weighted by atomic mass is 9.99. The highest BCUT2D eigenvalue weighted by molar-refractivity contribution is 8.00. The summed E-state index contributed by atoms with van der Waals surface area (Å²) in [6, 6.07) is -1.61. The van der Waals surface area contributed by atoms with Crippen LogP contribution in [0.3, 0.4) is 0 Å². The highest BCUT2D eigenvalue weighted by atomic mass is 32.2. The van der Waals surface area contributed by atoms with Crippen molar-refractivity contribution >= 4 is 41.2 Å². The van der Waals surface area contributed by atoms with Crippen molar-refractivity contribution in [3.8, 4) is 5.75 Å². The number of esters is 1. The first-order valence-corrected chi connectivity index (χ1v) is 10.5. The second kappa shape index (κ2) is 9.88. The van der Waals surface area contributed by atoms with Crippen LogP contribution in [0.5, 0.6) is 5.75 Å². The van der Waals surface area contributed by atoms with Gasteiger partial charge in [-0.1, -0.05) is 0 Å². The Kier molecular flexibility index (Phi) is 7.19. The Labute approximate surface area is 189 Å². The third-order valence-corrected chi connectivity index (χ3v) is 5.78. The number of aromatic nitrogens is 1. The molecule has 16 heteroatoms. The van der Waals surface area contributed by atoms with Gasteiger partial charge in [0.25, 0.3) is 11.8 Å². The average molecular weight is 483 g/mol. The average Bonchev–Trinajstić information content (AvgIpc) is 3.21. The molecule has 0 aromatic carbocycles. The second-order valence-corrected chi connectivity index (χ2v) is 8.25. The first kappa shape index (κ1) is 24.0. The Bertz CT molecular complexity index is 1060. The lowest BCUT2D eigenvalue weighted by Crippen LogP contribution is -2.71. The molecule has 2 aliphatic heterocycles. The van der Waals surface area contributed by atoms with Crippen molar-refractivity contribution in [3.05, 3.63) is 28.2 Å². The van der Waals surface area contributed by atoms with Gasteiger partial charge >= 0.3 is 5.97 Å². The van der Waals surface area contributed by atoms with Crippen molar-refractivity contribution in [1.82, 2.24) is 26.0 Å². The molecule has 2 fully saturated rings. The predicted octanol–water partition coefficient (Wildman–Crippen LogP) is -3.99. The minimum absolute atomic E-state index is 0.222. The number of pyridine rings is 1. The van der Waals surface area contributed by atoms with E-state index >= 15 is 0 Å². The minimum Gasteiger partial charge on any atom is -0.503 e. The van der Waals surface area contributed by atoms with Gasteiger partial charge in [-0.15, -0.1) is 11.8 Å². The number of nitrogens with zero attached hydrogens (tertiary/aromatic N) is 1. The molecule has 3 heterocycles. The number of carbonyl (C=O) groups is 4. The van der Waals surface area contributed by atoms with E-state index in [4.69, 9.17) is 15.9 Å². The Morgan fingerprint density at radius 2 is 2.09 bits per heavy atom. The zero-order chi connectivity index (χ0) is 24.3. The molecule has 3 amide bonds. The van der Waals surface area contributed by atoms with E-state index in [-0.39, 0.29) is 22.5 Å². The van der Waals surface area contributed by atoms with Crippen LogP contribution >= 0.6 is 11.8 Å². The third-order valence-electron chi connectivity index (χ3n) is 4.76. The summed E-state index contributed by atoms with van der Waals surface area (Å²) in [7, 11) is 0. The monoisotopic (exact) mass is 483 g/mol. The number of amides is 3. The summed E-state index contributed by atoms with van der Waals surface area (Å²) in [4.78, 5) is 59.3. The SMILES string of the molecule is N=C(C(=O)N[C@@H]1C(=O)N[C@@H]1COC(=O)CNC(=O)c1cc(=O)c(O)cn1O)C1CSC(N)N1.